The summed E-state index contributed by atoms with van der Waals surface area (Å²) in [5, 5.41) is 11.0. The summed E-state index contributed by atoms with van der Waals surface area (Å²) in [7, 11) is 5.23. The third-order valence-electron chi connectivity index (χ3n) is 3.35. The first-order valence-electron chi connectivity index (χ1n) is 6.70. The number of hydrogen-bond acceptors (Lipinski definition) is 4. The molecule has 0 unspecified atom stereocenters. The second-order valence-corrected chi connectivity index (χ2v) is 5.05. The summed E-state index contributed by atoms with van der Waals surface area (Å²) in [6, 6.07) is 13.4. The van der Waals surface area contributed by atoms with E-state index in [1.165, 1.54) is 17.0 Å². The fraction of sp³-hybridized carbons (Fsp3) is 0.188. The van der Waals surface area contributed by atoms with Gasteiger partial charge in [-0.1, -0.05) is 18.2 Å². The SMILES string of the molecule is CN(C)c1ccc([N+](=O)[O-])cc1C(=O)N(C)c1ccccc1. The summed E-state index contributed by atoms with van der Waals surface area (Å²) in [5.74, 6) is -0.293. The summed E-state index contributed by atoms with van der Waals surface area (Å²) in [6.07, 6.45) is 0. The minimum absolute atomic E-state index is 0.101. The molecule has 0 fully saturated rings. The predicted octanol–water partition coefficient (Wildman–Crippen LogP) is 2.94. The molecular formula is C16H17N3O3. The van der Waals surface area contributed by atoms with Crippen LogP contribution in [0.4, 0.5) is 17.1 Å². The van der Waals surface area contributed by atoms with Crippen LogP contribution >= 0.6 is 0 Å². The maximum absolute atomic E-state index is 12.7. The van der Waals surface area contributed by atoms with Crippen LogP contribution in [0.5, 0.6) is 0 Å². The average molecular weight is 299 g/mol. The quantitative estimate of drug-likeness (QED) is 0.643. The molecule has 6 heteroatoms. The lowest BCUT2D eigenvalue weighted by atomic mass is 10.1. The van der Waals surface area contributed by atoms with Gasteiger partial charge in [0.2, 0.25) is 0 Å². The van der Waals surface area contributed by atoms with Gasteiger partial charge in [-0.15, -0.1) is 0 Å². The van der Waals surface area contributed by atoms with Gasteiger partial charge in [-0.25, -0.2) is 0 Å². The number of anilines is 2. The summed E-state index contributed by atoms with van der Waals surface area (Å²) >= 11 is 0. The Balaban J connectivity index is 2.47. The highest BCUT2D eigenvalue weighted by Gasteiger charge is 2.21. The molecule has 0 N–H and O–H groups in total. The Kier molecular flexibility index (Phi) is 4.41. The molecule has 0 radical (unpaired) electrons. The van der Waals surface area contributed by atoms with Crippen molar-refractivity contribution in [2.75, 3.05) is 30.9 Å². The standard InChI is InChI=1S/C16H17N3O3/c1-17(2)15-10-9-13(19(21)22)11-14(15)16(20)18(3)12-7-5-4-6-8-12/h4-11H,1-3H3. The molecule has 0 aliphatic heterocycles. The number of carbonyl (C=O) groups excluding carboxylic acids is 1. The van der Waals surface area contributed by atoms with Crippen molar-refractivity contribution in [1.29, 1.82) is 0 Å². The van der Waals surface area contributed by atoms with Gasteiger partial charge < -0.3 is 9.80 Å². The van der Waals surface area contributed by atoms with Gasteiger partial charge in [-0.05, 0) is 18.2 Å². The van der Waals surface area contributed by atoms with E-state index in [1.54, 1.807) is 32.1 Å². The lowest BCUT2D eigenvalue weighted by molar-refractivity contribution is -0.384. The van der Waals surface area contributed by atoms with Crippen molar-refractivity contribution in [1.82, 2.24) is 0 Å². The normalized spacial score (nSPS) is 10.1. The molecule has 2 rings (SSSR count). The number of nitro benzene ring substituents is 1. The number of benzene rings is 2. The third kappa shape index (κ3) is 3.06. The number of nitro groups is 1. The predicted molar refractivity (Wildman–Crippen MR) is 86.6 cm³/mol. The summed E-state index contributed by atoms with van der Waals surface area (Å²) in [4.78, 5) is 26.4. The van der Waals surface area contributed by atoms with Gasteiger partial charge in [0.1, 0.15) is 0 Å². The monoisotopic (exact) mass is 299 g/mol. The molecule has 0 aromatic heterocycles. The molecule has 0 bridgehead atoms. The highest BCUT2D eigenvalue weighted by molar-refractivity contribution is 6.09. The Hall–Kier alpha value is -2.89. The van der Waals surface area contributed by atoms with Crippen LogP contribution in [0.3, 0.4) is 0 Å². The molecule has 0 heterocycles. The second-order valence-electron chi connectivity index (χ2n) is 5.05. The van der Waals surface area contributed by atoms with E-state index in [1.807, 2.05) is 30.3 Å². The summed E-state index contributed by atoms with van der Waals surface area (Å²) in [5.41, 5.74) is 1.56. The first-order valence-corrected chi connectivity index (χ1v) is 6.70. The maximum atomic E-state index is 12.7. The van der Waals surface area contributed by atoms with Crippen molar-refractivity contribution in [2.45, 2.75) is 0 Å². The summed E-state index contributed by atoms with van der Waals surface area (Å²) in [6.45, 7) is 0. The van der Waals surface area contributed by atoms with E-state index in [9.17, 15) is 14.9 Å². The van der Waals surface area contributed by atoms with Crippen LogP contribution in [0, 0.1) is 10.1 Å². The molecule has 22 heavy (non-hydrogen) atoms. The number of para-hydroxylation sites is 1. The lowest BCUT2D eigenvalue weighted by Crippen LogP contribution is -2.28. The minimum atomic E-state index is -0.501. The number of carbonyl (C=O) groups is 1. The third-order valence-corrected chi connectivity index (χ3v) is 3.35. The van der Waals surface area contributed by atoms with Gasteiger partial charge in [0, 0.05) is 44.7 Å². The first kappa shape index (κ1) is 15.5. The number of amides is 1. The van der Waals surface area contributed by atoms with Crippen molar-refractivity contribution < 1.29 is 9.72 Å². The molecular weight excluding hydrogens is 282 g/mol. The van der Waals surface area contributed by atoms with Crippen LogP contribution in [0.25, 0.3) is 0 Å². The Bertz CT molecular complexity index is 699. The zero-order valence-corrected chi connectivity index (χ0v) is 12.7. The number of hydrogen-bond donors (Lipinski definition) is 0. The Morgan fingerprint density at radius 1 is 1.05 bits per heavy atom. The zero-order chi connectivity index (χ0) is 16.3. The molecule has 114 valence electrons. The van der Waals surface area contributed by atoms with Crippen LogP contribution in [0.2, 0.25) is 0 Å². The lowest BCUT2D eigenvalue weighted by Gasteiger charge is -2.22. The zero-order valence-electron chi connectivity index (χ0n) is 12.7. The van der Waals surface area contributed by atoms with Gasteiger partial charge in [0.05, 0.1) is 10.5 Å². The minimum Gasteiger partial charge on any atom is -0.377 e. The summed E-state index contributed by atoms with van der Waals surface area (Å²) < 4.78 is 0. The molecule has 1 amide bonds. The van der Waals surface area contributed by atoms with Crippen molar-refractivity contribution in [2.24, 2.45) is 0 Å². The van der Waals surface area contributed by atoms with Crippen molar-refractivity contribution in [3.05, 3.63) is 64.2 Å². The molecule has 0 aliphatic carbocycles. The Labute approximate surface area is 128 Å². The van der Waals surface area contributed by atoms with Crippen LogP contribution in [-0.4, -0.2) is 32.0 Å². The molecule has 0 atom stereocenters. The van der Waals surface area contributed by atoms with E-state index >= 15 is 0 Å². The Morgan fingerprint density at radius 3 is 2.23 bits per heavy atom. The van der Waals surface area contributed by atoms with E-state index in [0.29, 0.717) is 11.3 Å². The number of rotatable bonds is 4. The van der Waals surface area contributed by atoms with E-state index in [2.05, 4.69) is 0 Å². The molecule has 2 aromatic carbocycles. The van der Waals surface area contributed by atoms with Gasteiger partial charge in [-0.3, -0.25) is 14.9 Å². The fourth-order valence-corrected chi connectivity index (χ4v) is 2.15. The number of non-ortho nitro benzene ring substituents is 1. The molecule has 2 aromatic rings. The molecule has 0 saturated heterocycles. The molecule has 0 aliphatic rings. The number of nitrogens with zero attached hydrogens (tertiary/aromatic N) is 3. The largest absolute Gasteiger partial charge is 0.377 e. The van der Waals surface area contributed by atoms with Gasteiger partial charge in [-0.2, -0.15) is 0 Å². The van der Waals surface area contributed by atoms with Crippen molar-refractivity contribution in [3.63, 3.8) is 0 Å². The topological polar surface area (TPSA) is 66.7 Å². The first-order chi connectivity index (χ1) is 10.4. The van der Waals surface area contributed by atoms with Gasteiger partial charge >= 0.3 is 0 Å². The van der Waals surface area contributed by atoms with E-state index in [4.69, 9.17) is 0 Å². The van der Waals surface area contributed by atoms with E-state index in [-0.39, 0.29) is 11.6 Å². The molecule has 6 nitrogen and oxygen atoms in total. The smallest absolute Gasteiger partial charge is 0.270 e. The fourth-order valence-electron chi connectivity index (χ4n) is 2.15. The highest BCUT2D eigenvalue weighted by atomic mass is 16.6. The van der Waals surface area contributed by atoms with Crippen LogP contribution < -0.4 is 9.80 Å². The van der Waals surface area contributed by atoms with E-state index < -0.39 is 4.92 Å². The molecule has 0 spiro atoms. The van der Waals surface area contributed by atoms with Gasteiger partial charge in [0.25, 0.3) is 11.6 Å². The van der Waals surface area contributed by atoms with Crippen molar-refractivity contribution in [3.8, 4) is 0 Å². The van der Waals surface area contributed by atoms with Crippen LogP contribution in [0.15, 0.2) is 48.5 Å². The van der Waals surface area contributed by atoms with Crippen LogP contribution in [-0.2, 0) is 0 Å². The average Bonchev–Trinajstić information content (AvgIpc) is 2.53. The second kappa shape index (κ2) is 6.26. The molecule has 0 saturated carbocycles. The van der Waals surface area contributed by atoms with Crippen molar-refractivity contribution >= 4 is 23.0 Å². The highest BCUT2D eigenvalue weighted by Crippen LogP contribution is 2.26. The maximum Gasteiger partial charge on any atom is 0.270 e. The van der Waals surface area contributed by atoms with E-state index in [0.717, 1.165) is 5.69 Å². The van der Waals surface area contributed by atoms with Gasteiger partial charge in [0.15, 0.2) is 0 Å². The Morgan fingerprint density at radius 2 is 1.68 bits per heavy atom. The van der Waals surface area contributed by atoms with Crippen LogP contribution in [0.1, 0.15) is 10.4 Å².